The minimum absolute atomic E-state index is 0.309. The van der Waals surface area contributed by atoms with E-state index in [1.165, 1.54) is 24.1 Å². The number of hydrogen-bond donors (Lipinski definition) is 2. The molecule has 2 aliphatic rings. The van der Waals surface area contributed by atoms with E-state index >= 15 is 0 Å². The van der Waals surface area contributed by atoms with Crippen LogP contribution >= 0.6 is 0 Å². The molecule has 1 aromatic rings. The van der Waals surface area contributed by atoms with Gasteiger partial charge in [-0.15, -0.1) is 0 Å². The molecular weight excluding hydrogens is 210 g/mol. The van der Waals surface area contributed by atoms with Crippen molar-refractivity contribution in [1.29, 1.82) is 5.41 Å². The maximum absolute atomic E-state index is 7.47. The minimum Gasteiger partial charge on any atom is -0.388 e. The van der Waals surface area contributed by atoms with E-state index in [1.54, 1.807) is 0 Å². The molecule has 90 valence electrons. The fourth-order valence-electron chi connectivity index (χ4n) is 2.95. The van der Waals surface area contributed by atoms with E-state index in [4.69, 9.17) is 11.1 Å². The maximum atomic E-state index is 7.47. The van der Waals surface area contributed by atoms with Crippen LogP contribution in [0, 0.1) is 10.8 Å². The second kappa shape index (κ2) is 3.76. The van der Waals surface area contributed by atoms with E-state index < -0.39 is 0 Å². The largest absolute Gasteiger partial charge is 0.388 e. The van der Waals surface area contributed by atoms with E-state index in [9.17, 15) is 0 Å². The Morgan fingerprint density at radius 3 is 2.82 bits per heavy atom. The van der Waals surface area contributed by atoms with Crippen LogP contribution in [0.4, 0.5) is 5.69 Å². The van der Waals surface area contributed by atoms with Crippen LogP contribution in [0.25, 0.3) is 0 Å². The summed E-state index contributed by atoms with van der Waals surface area (Å²) in [6.07, 6.45) is 4.38. The Bertz CT molecular complexity index is 449. The maximum Gasteiger partial charge on any atom is 0.0911 e. The number of benzene rings is 1. The van der Waals surface area contributed by atoms with Gasteiger partial charge in [0.05, 0.1) is 5.84 Å². The molecule has 0 bridgehead atoms. The highest BCUT2D eigenvalue weighted by Gasteiger charge is 2.45. The SMILES string of the molecule is N=C(N)CC1(CN2CCc3ccccc32)CC1. The van der Waals surface area contributed by atoms with Crippen molar-refractivity contribution in [3.8, 4) is 0 Å². The lowest BCUT2D eigenvalue weighted by Crippen LogP contribution is -2.31. The molecule has 0 spiro atoms. The van der Waals surface area contributed by atoms with Crippen molar-refractivity contribution >= 4 is 11.5 Å². The predicted octanol–water partition coefficient (Wildman–Crippen LogP) is 2.16. The lowest BCUT2D eigenvalue weighted by molar-refractivity contribution is 0.521. The number of anilines is 1. The topological polar surface area (TPSA) is 53.1 Å². The number of amidine groups is 1. The zero-order valence-electron chi connectivity index (χ0n) is 10.1. The monoisotopic (exact) mass is 229 g/mol. The lowest BCUT2D eigenvalue weighted by Gasteiger charge is -2.25. The first-order valence-corrected chi connectivity index (χ1v) is 6.34. The Morgan fingerprint density at radius 2 is 2.12 bits per heavy atom. The third-order valence-corrected chi connectivity index (χ3v) is 4.03. The molecule has 1 aromatic carbocycles. The number of nitrogens with zero attached hydrogens (tertiary/aromatic N) is 1. The van der Waals surface area contributed by atoms with Crippen molar-refractivity contribution in [3.63, 3.8) is 0 Å². The van der Waals surface area contributed by atoms with Crippen LogP contribution in [0.5, 0.6) is 0 Å². The first-order chi connectivity index (χ1) is 8.19. The van der Waals surface area contributed by atoms with E-state index in [-0.39, 0.29) is 0 Å². The quantitative estimate of drug-likeness (QED) is 0.614. The fraction of sp³-hybridized carbons (Fsp3) is 0.500. The summed E-state index contributed by atoms with van der Waals surface area (Å²) in [6, 6.07) is 8.67. The fourth-order valence-corrected chi connectivity index (χ4v) is 2.95. The minimum atomic E-state index is 0.309. The molecule has 1 saturated carbocycles. The summed E-state index contributed by atoms with van der Waals surface area (Å²) in [6.45, 7) is 2.20. The molecule has 0 aromatic heterocycles. The molecule has 0 amide bonds. The van der Waals surface area contributed by atoms with Gasteiger partial charge < -0.3 is 10.6 Å². The Labute approximate surface area is 102 Å². The highest BCUT2D eigenvalue weighted by atomic mass is 15.2. The highest BCUT2D eigenvalue weighted by molar-refractivity contribution is 5.78. The first kappa shape index (κ1) is 10.6. The van der Waals surface area contributed by atoms with Gasteiger partial charge in [0.15, 0.2) is 0 Å². The Hall–Kier alpha value is -1.51. The summed E-state index contributed by atoms with van der Waals surface area (Å²) in [5.74, 6) is 0.343. The average molecular weight is 229 g/mol. The summed E-state index contributed by atoms with van der Waals surface area (Å²) >= 11 is 0. The van der Waals surface area contributed by atoms with Crippen molar-refractivity contribution in [3.05, 3.63) is 29.8 Å². The van der Waals surface area contributed by atoms with Gasteiger partial charge in [-0.25, -0.2) is 0 Å². The smallest absolute Gasteiger partial charge is 0.0911 e. The van der Waals surface area contributed by atoms with E-state index in [2.05, 4.69) is 29.2 Å². The second-order valence-electron chi connectivity index (χ2n) is 5.50. The predicted molar refractivity (Wildman–Crippen MR) is 70.6 cm³/mol. The number of nitrogens with two attached hydrogens (primary N) is 1. The Kier molecular flexibility index (Phi) is 2.35. The van der Waals surface area contributed by atoms with Gasteiger partial charge in [-0.1, -0.05) is 18.2 Å². The van der Waals surface area contributed by atoms with Crippen LogP contribution in [0.2, 0.25) is 0 Å². The molecule has 3 nitrogen and oxygen atoms in total. The molecular formula is C14H19N3. The zero-order valence-corrected chi connectivity index (χ0v) is 10.1. The number of fused-ring (bicyclic) bond motifs is 1. The van der Waals surface area contributed by atoms with Gasteiger partial charge in [0.1, 0.15) is 0 Å². The molecule has 17 heavy (non-hydrogen) atoms. The third-order valence-electron chi connectivity index (χ3n) is 4.03. The van der Waals surface area contributed by atoms with Crippen LogP contribution in [0.1, 0.15) is 24.8 Å². The molecule has 0 unspecified atom stereocenters. The van der Waals surface area contributed by atoms with E-state index in [1.807, 2.05) is 0 Å². The van der Waals surface area contributed by atoms with Crippen molar-refractivity contribution in [2.24, 2.45) is 11.1 Å². The molecule has 3 rings (SSSR count). The van der Waals surface area contributed by atoms with E-state index in [0.717, 1.165) is 25.9 Å². The highest BCUT2D eigenvalue weighted by Crippen LogP contribution is 2.50. The number of hydrogen-bond acceptors (Lipinski definition) is 2. The summed E-state index contributed by atoms with van der Waals surface area (Å²) in [5.41, 5.74) is 8.72. The van der Waals surface area contributed by atoms with Crippen LogP contribution in [-0.4, -0.2) is 18.9 Å². The molecule has 0 radical (unpaired) electrons. The molecule has 0 atom stereocenters. The van der Waals surface area contributed by atoms with Crippen molar-refractivity contribution < 1.29 is 0 Å². The van der Waals surface area contributed by atoms with Crippen LogP contribution in [-0.2, 0) is 6.42 Å². The normalized spacial score (nSPS) is 20.1. The van der Waals surface area contributed by atoms with Gasteiger partial charge in [0.25, 0.3) is 0 Å². The van der Waals surface area contributed by atoms with E-state index in [0.29, 0.717) is 11.3 Å². The molecule has 1 heterocycles. The Morgan fingerprint density at radius 1 is 1.35 bits per heavy atom. The first-order valence-electron chi connectivity index (χ1n) is 6.34. The Balaban J connectivity index is 1.74. The van der Waals surface area contributed by atoms with Crippen molar-refractivity contribution in [2.75, 3.05) is 18.0 Å². The van der Waals surface area contributed by atoms with Crippen LogP contribution < -0.4 is 10.6 Å². The molecule has 3 heteroatoms. The van der Waals surface area contributed by atoms with Crippen LogP contribution in [0.15, 0.2) is 24.3 Å². The molecule has 0 saturated heterocycles. The molecule has 3 N–H and O–H groups in total. The number of para-hydroxylation sites is 1. The van der Waals surface area contributed by atoms with Gasteiger partial charge >= 0.3 is 0 Å². The van der Waals surface area contributed by atoms with Gasteiger partial charge in [0.2, 0.25) is 0 Å². The van der Waals surface area contributed by atoms with Crippen molar-refractivity contribution in [1.82, 2.24) is 0 Å². The standard InChI is InChI=1S/C14H19N3/c15-13(16)9-14(6-7-14)10-17-8-5-11-3-1-2-4-12(11)17/h1-4H,5-10H2,(H3,15,16). The van der Waals surface area contributed by atoms with Crippen molar-refractivity contribution in [2.45, 2.75) is 25.7 Å². The average Bonchev–Trinajstić information content (AvgIpc) is 2.91. The van der Waals surface area contributed by atoms with Crippen LogP contribution in [0.3, 0.4) is 0 Å². The molecule has 1 fully saturated rings. The summed E-state index contributed by atoms with van der Waals surface area (Å²) in [7, 11) is 0. The summed E-state index contributed by atoms with van der Waals surface area (Å²) in [5, 5.41) is 7.47. The third kappa shape index (κ3) is 2.02. The summed E-state index contributed by atoms with van der Waals surface area (Å²) < 4.78 is 0. The number of nitrogens with one attached hydrogen (secondary N) is 1. The van der Waals surface area contributed by atoms with Gasteiger partial charge in [-0.2, -0.15) is 0 Å². The number of rotatable bonds is 4. The summed E-state index contributed by atoms with van der Waals surface area (Å²) in [4.78, 5) is 2.48. The van der Waals surface area contributed by atoms with Gasteiger partial charge in [0, 0.05) is 25.2 Å². The lowest BCUT2D eigenvalue weighted by atomic mass is 10.0. The zero-order chi connectivity index (χ0) is 11.9. The van der Waals surface area contributed by atoms with Gasteiger partial charge in [-0.05, 0) is 36.3 Å². The molecule has 1 aliphatic carbocycles. The molecule has 1 aliphatic heterocycles. The van der Waals surface area contributed by atoms with Gasteiger partial charge in [-0.3, -0.25) is 5.41 Å². The second-order valence-corrected chi connectivity index (χ2v) is 5.50.